The molecule has 2 N–H and O–H groups in total. The highest BCUT2D eigenvalue weighted by molar-refractivity contribution is 6.32. The number of hydrogen-bond acceptors (Lipinski definition) is 4. The number of nitrogens with one attached hydrogen (secondary N) is 2. The zero-order valence-corrected chi connectivity index (χ0v) is 18.0. The van der Waals surface area contributed by atoms with Gasteiger partial charge in [-0.3, -0.25) is 9.59 Å². The normalized spacial score (nSPS) is 10.7. The number of amides is 2. The van der Waals surface area contributed by atoms with Gasteiger partial charge >= 0.3 is 0 Å². The minimum absolute atomic E-state index is 0.0730. The summed E-state index contributed by atoms with van der Waals surface area (Å²) in [5.74, 6) is -0.525. The number of nitrogens with zero attached hydrogens (tertiary/aromatic N) is 1. The van der Waals surface area contributed by atoms with Gasteiger partial charge in [0.1, 0.15) is 17.4 Å². The second-order valence-corrected chi connectivity index (χ2v) is 7.24. The van der Waals surface area contributed by atoms with Gasteiger partial charge in [-0.25, -0.2) is 0 Å². The number of halogens is 1. The molecule has 3 aromatic carbocycles. The Bertz CT molecular complexity index is 1200. The number of nitriles is 1. The molecular formula is C25H20ClN3O3. The third-order valence-corrected chi connectivity index (χ3v) is 4.74. The van der Waals surface area contributed by atoms with Gasteiger partial charge in [-0.15, -0.1) is 0 Å². The molecular weight excluding hydrogens is 426 g/mol. The minimum Gasteiger partial charge on any atom is -0.482 e. The van der Waals surface area contributed by atoms with E-state index in [0.717, 1.165) is 5.56 Å². The first-order chi connectivity index (χ1) is 15.5. The molecule has 0 saturated heterocycles. The second-order valence-electron chi connectivity index (χ2n) is 6.83. The standard InChI is InChI=1S/C25H20ClN3O3/c1-17-7-5-6-10-22(17)29-24(30)16-32-23-12-11-18(14-21(23)26)13-19(15-27)25(31)28-20-8-3-2-4-9-20/h2-14H,16H2,1H3,(H,28,31)(H,29,30)/b19-13+. The predicted octanol–water partition coefficient (Wildman–Crippen LogP) is 5.21. The first kappa shape index (κ1) is 22.6. The van der Waals surface area contributed by atoms with Gasteiger partial charge in [-0.2, -0.15) is 5.26 Å². The number of hydrogen-bond donors (Lipinski definition) is 2. The van der Waals surface area contributed by atoms with Crippen molar-refractivity contribution < 1.29 is 14.3 Å². The molecule has 0 aliphatic heterocycles. The molecule has 0 atom stereocenters. The van der Waals surface area contributed by atoms with Crippen LogP contribution in [0.15, 0.2) is 78.4 Å². The van der Waals surface area contributed by atoms with Crippen molar-refractivity contribution in [1.29, 1.82) is 5.26 Å². The van der Waals surface area contributed by atoms with Crippen molar-refractivity contribution in [3.8, 4) is 11.8 Å². The highest BCUT2D eigenvalue weighted by Gasteiger charge is 2.11. The first-order valence-electron chi connectivity index (χ1n) is 9.72. The molecule has 0 radical (unpaired) electrons. The van der Waals surface area contributed by atoms with E-state index in [-0.39, 0.29) is 23.1 Å². The summed E-state index contributed by atoms with van der Waals surface area (Å²) in [5, 5.41) is 15.1. The Morgan fingerprint density at radius 2 is 1.75 bits per heavy atom. The number of benzene rings is 3. The van der Waals surface area contributed by atoms with Crippen molar-refractivity contribution in [1.82, 2.24) is 0 Å². The Balaban J connectivity index is 1.63. The summed E-state index contributed by atoms with van der Waals surface area (Å²) in [7, 11) is 0. The van der Waals surface area contributed by atoms with E-state index in [4.69, 9.17) is 16.3 Å². The molecule has 0 unspecified atom stereocenters. The van der Waals surface area contributed by atoms with Gasteiger partial charge < -0.3 is 15.4 Å². The monoisotopic (exact) mass is 445 g/mol. The molecule has 7 heteroatoms. The van der Waals surface area contributed by atoms with Crippen LogP contribution in [-0.4, -0.2) is 18.4 Å². The molecule has 0 spiro atoms. The summed E-state index contributed by atoms with van der Waals surface area (Å²) >= 11 is 6.26. The van der Waals surface area contributed by atoms with Crippen molar-refractivity contribution >= 4 is 40.9 Å². The average molecular weight is 446 g/mol. The number of para-hydroxylation sites is 2. The van der Waals surface area contributed by atoms with Gasteiger partial charge in [-0.1, -0.05) is 54.1 Å². The molecule has 6 nitrogen and oxygen atoms in total. The molecule has 3 aromatic rings. The Hall–Kier alpha value is -4.08. The molecule has 0 fully saturated rings. The summed E-state index contributed by atoms with van der Waals surface area (Å²) in [6.07, 6.45) is 1.43. The van der Waals surface area contributed by atoms with Gasteiger partial charge in [0.05, 0.1) is 5.02 Å². The summed E-state index contributed by atoms with van der Waals surface area (Å²) in [6, 6.07) is 23.0. The van der Waals surface area contributed by atoms with Crippen LogP contribution < -0.4 is 15.4 Å². The molecule has 0 aliphatic carbocycles. The van der Waals surface area contributed by atoms with Crippen LogP contribution in [0.5, 0.6) is 5.75 Å². The maximum absolute atomic E-state index is 12.3. The molecule has 3 rings (SSSR count). The van der Waals surface area contributed by atoms with Crippen LogP contribution in [0.25, 0.3) is 6.08 Å². The van der Waals surface area contributed by atoms with Gasteiger partial charge in [-0.05, 0) is 54.5 Å². The third-order valence-electron chi connectivity index (χ3n) is 4.44. The molecule has 32 heavy (non-hydrogen) atoms. The summed E-state index contributed by atoms with van der Waals surface area (Å²) < 4.78 is 5.51. The number of aryl methyl sites for hydroxylation is 1. The summed E-state index contributed by atoms with van der Waals surface area (Å²) in [4.78, 5) is 24.5. The smallest absolute Gasteiger partial charge is 0.266 e. The Labute approximate surface area is 191 Å². The van der Waals surface area contributed by atoms with E-state index >= 15 is 0 Å². The summed E-state index contributed by atoms with van der Waals surface area (Å²) in [6.45, 7) is 1.68. The van der Waals surface area contributed by atoms with Gasteiger partial charge in [0.15, 0.2) is 6.61 Å². The molecule has 0 aromatic heterocycles. The van der Waals surface area contributed by atoms with Crippen LogP contribution in [0.3, 0.4) is 0 Å². The lowest BCUT2D eigenvalue weighted by Gasteiger charge is -2.11. The molecule has 0 aliphatic rings. The van der Waals surface area contributed by atoms with E-state index in [1.807, 2.05) is 43.3 Å². The molecule has 160 valence electrons. The minimum atomic E-state index is -0.525. The third kappa shape index (κ3) is 6.21. The van der Waals surface area contributed by atoms with E-state index in [1.165, 1.54) is 6.08 Å². The number of rotatable bonds is 7. The van der Waals surface area contributed by atoms with Crippen LogP contribution in [0.1, 0.15) is 11.1 Å². The average Bonchev–Trinajstić information content (AvgIpc) is 2.79. The lowest BCUT2D eigenvalue weighted by Crippen LogP contribution is -2.20. The SMILES string of the molecule is Cc1ccccc1NC(=O)COc1ccc(/C=C(\C#N)C(=O)Nc2ccccc2)cc1Cl. The zero-order chi connectivity index (χ0) is 22.9. The van der Waals surface area contributed by atoms with Crippen molar-refractivity contribution in [2.45, 2.75) is 6.92 Å². The quantitative estimate of drug-likeness (QED) is 0.385. The molecule has 2 amide bonds. The number of carbonyl (C=O) groups is 2. The van der Waals surface area contributed by atoms with Crippen LogP contribution in [-0.2, 0) is 9.59 Å². The number of anilines is 2. The Morgan fingerprint density at radius 1 is 1.03 bits per heavy atom. The van der Waals surface area contributed by atoms with Crippen LogP contribution >= 0.6 is 11.6 Å². The largest absolute Gasteiger partial charge is 0.482 e. The fourth-order valence-electron chi connectivity index (χ4n) is 2.80. The lowest BCUT2D eigenvalue weighted by molar-refractivity contribution is -0.118. The fraction of sp³-hybridized carbons (Fsp3) is 0.0800. The Kier molecular flexibility index (Phi) is 7.63. The molecule has 0 saturated carbocycles. The topological polar surface area (TPSA) is 91.2 Å². The van der Waals surface area contributed by atoms with Crippen molar-refractivity contribution in [2.24, 2.45) is 0 Å². The number of ether oxygens (including phenoxy) is 1. The lowest BCUT2D eigenvalue weighted by atomic mass is 10.1. The van der Waals surface area contributed by atoms with E-state index in [2.05, 4.69) is 10.6 Å². The fourth-order valence-corrected chi connectivity index (χ4v) is 3.05. The molecule has 0 bridgehead atoms. The highest BCUT2D eigenvalue weighted by Crippen LogP contribution is 2.26. The van der Waals surface area contributed by atoms with Crippen molar-refractivity contribution in [2.75, 3.05) is 17.2 Å². The van der Waals surface area contributed by atoms with Crippen LogP contribution in [0.2, 0.25) is 5.02 Å². The first-order valence-corrected chi connectivity index (χ1v) is 10.1. The van der Waals surface area contributed by atoms with Gasteiger partial charge in [0, 0.05) is 11.4 Å². The maximum atomic E-state index is 12.3. The Morgan fingerprint density at radius 3 is 2.44 bits per heavy atom. The number of carbonyl (C=O) groups excluding carboxylic acids is 2. The van der Waals surface area contributed by atoms with Crippen LogP contribution in [0, 0.1) is 18.3 Å². The summed E-state index contributed by atoms with van der Waals surface area (Å²) in [5.41, 5.74) is 2.72. The van der Waals surface area contributed by atoms with E-state index < -0.39 is 5.91 Å². The van der Waals surface area contributed by atoms with Crippen molar-refractivity contribution in [3.05, 3.63) is 94.5 Å². The van der Waals surface area contributed by atoms with Crippen LogP contribution in [0.4, 0.5) is 11.4 Å². The van der Waals surface area contributed by atoms with Gasteiger partial charge in [0.2, 0.25) is 0 Å². The maximum Gasteiger partial charge on any atom is 0.266 e. The van der Waals surface area contributed by atoms with E-state index in [1.54, 1.807) is 42.5 Å². The molecule has 0 heterocycles. The van der Waals surface area contributed by atoms with Gasteiger partial charge in [0.25, 0.3) is 11.8 Å². The van der Waals surface area contributed by atoms with E-state index in [9.17, 15) is 14.9 Å². The predicted molar refractivity (Wildman–Crippen MR) is 125 cm³/mol. The second kappa shape index (κ2) is 10.8. The highest BCUT2D eigenvalue weighted by atomic mass is 35.5. The van der Waals surface area contributed by atoms with Crippen molar-refractivity contribution in [3.63, 3.8) is 0 Å². The van der Waals surface area contributed by atoms with E-state index in [0.29, 0.717) is 22.7 Å². The zero-order valence-electron chi connectivity index (χ0n) is 17.3.